The molecule has 22 heavy (non-hydrogen) atoms. The molecule has 114 valence electrons. The van der Waals surface area contributed by atoms with Crippen molar-refractivity contribution in [3.8, 4) is 0 Å². The molecule has 2 aromatic heterocycles. The molecule has 3 rings (SSSR count). The first-order valence-corrected chi connectivity index (χ1v) is 8.65. The Morgan fingerprint density at radius 2 is 2.09 bits per heavy atom. The van der Waals surface area contributed by atoms with Crippen LogP contribution in [0.2, 0.25) is 5.02 Å². The fraction of sp³-hybridized carbons (Fsp3) is 0.235. The van der Waals surface area contributed by atoms with Gasteiger partial charge in [-0.2, -0.15) is 11.3 Å². The predicted molar refractivity (Wildman–Crippen MR) is 95.9 cm³/mol. The Morgan fingerprint density at radius 1 is 1.14 bits per heavy atom. The molecule has 0 unspecified atom stereocenters. The maximum absolute atomic E-state index is 6.01. The van der Waals surface area contributed by atoms with Gasteiger partial charge in [0.25, 0.3) is 0 Å². The van der Waals surface area contributed by atoms with Crippen LogP contribution in [0.1, 0.15) is 12.0 Å². The first-order chi connectivity index (χ1) is 10.8. The highest BCUT2D eigenvalue weighted by Gasteiger charge is 2.02. The van der Waals surface area contributed by atoms with E-state index in [9.17, 15) is 0 Å². The highest BCUT2D eigenvalue weighted by molar-refractivity contribution is 7.07. The summed E-state index contributed by atoms with van der Waals surface area (Å²) in [5, 5.41) is 13.1. The van der Waals surface area contributed by atoms with Gasteiger partial charge in [0.1, 0.15) is 0 Å². The maximum atomic E-state index is 6.01. The lowest BCUT2D eigenvalue weighted by Crippen LogP contribution is -2.17. The fourth-order valence-electron chi connectivity index (χ4n) is 2.34. The lowest BCUT2D eigenvalue weighted by atomic mass is 10.2. The predicted octanol–water partition coefficient (Wildman–Crippen LogP) is 4.54. The average Bonchev–Trinajstić information content (AvgIpc) is 3.03. The summed E-state index contributed by atoms with van der Waals surface area (Å²) in [5.74, 6) is 0. The summed E-state index contributed by atoms with van der Waals surface area (Å²) < 4.78 is 0. The molecule has 0 aliphatic heterocycles. The summed E-state index contributed by atoms with van der Waals surface area (Å²) in [6.07, 6.45) is 2.89. The second-order valence-corrected chi connectivity index (χ2v) is 6.33. The third-order valence-corrected chi connectivity index (χ3v) is 4.43. The van der Waals surface area contributed by atoms with Gasteiger partial charge in [0.05, 0.1) is 5.52 Å². The van der Waals surface area contributed by atoms with Gasteiger partial charge >= 0.3 is 0 Å². The first-order valence-electron chi connectivity index (χ1n) is 7.33. The second-order valence-electron chi connectivity index (χ2n) is 5.11. The van der Waals surface area contributed by atoms with E-state index in [0.29, 0.717) is 0 Å². The van der Waals surface area contributed by atoms with Crippen LogP contribution in [-0.4, -0.2) is 18.1 Å². The van der Waals surface area contributed by atoms with Gasteiger partial charge < -0.3 is 10.6 Å². The van der Waals surface area contributed by atoms with Crippen LogP contribution >= 0.6 is 22.9 Å². The van der Waals surface area contributed by atoms with Crippen molar-refractivity contribution in [3.63, 3.8) is 0 Å². The molecule has 2 N–H and O–H groups in total. The number of halogens is 1. The molecule has 0 saturated carbocycles. The van der Waals surface area contributed by atoms with E-state index in [1.807, 2.05) is 30.5 Å². The van der Waals surface area contributed by atoms with E-state index in [1.54, 1.807) is 11.3 Å². The van der Waals surface area contributed by atoms with Crippen LogP contribution in [0.4, 0.5) is 5.69 Å². The van der Waals surface area contributed by atoms with Crippen molar-refractivity contribution in [3.05, 3.63) is 57.9 Å². The quantitative estimate of drug-likeness (QED) is 0.624. The van der Waals surface area contributed by atoms with E-state index in [4.69, 9.17) is 11.6 Å². The van der Waals surface area contributed by atoms with Gasteiger partial charge in [-0.25, -0.2) is 0 Å². The minimum absolute atomic E-state index is 0.717. The molecule has 0 saturated heterocycles. The summed E-state index contributed by atoms with van der Waals surface area (Å²) in [4.78, 5) is 4.35. The van der Waals surface area contributed by atoms with Gasteiger partial charge in [0, 0.05) is 35.4 Å². The number of fused-ring (bicyclic) bond motifs is 1. The Labute approximate surface area is 139 Å². The summed E-state index contributed by atoms with van der Waals surface area (Å²) in [6.45, 7) is 2.87. The van der Waals surface area contributed by atoms with Gasteiger partial charge in [-0.1, -0.05) is 11.6 Å². The molecule has 0 spiro atoms. The number of thiophene rings is 1. The molecule has 0 bridgehead atoms. The van der Waals surface area contributed by atoms with Crippen molar-refractivity contribution in [1.29, 1.82) is 0 Å². The largest absolute Gasteiger partial charge is 0.384 e. The molecule has 0 amide bonds. The van der Waals surface area contributed by atoms with Crippen LogP contribution in [0, 0.1) is 0 Å². The van der Waals surface area contributed by atoms with Crippen LogP contribution < -0.4 is 10.6 Å². The first kappa shape index (κ1) is 15.3. The van der Waals surface area contributed by atoms with Crippen molar-refractivity contribution in [2.45, 2.75) is 13.0 Å². The third-order valence-electron chi connectivity index (χ3n) is 3.46. The normalized spacial score (nSPS) is 11.0. The van der Waals surface area contributed by atoms with E-state index >= 15 is 0 Å². The molecular formula is C17H18ClN3S. The molecule has 3 aromatic rings. The Balaban J connectivity index is 1.47. The molecule has 0 radical (unpaired) electrons. The van der Waals surface area contributed by atoms with E-state index in [2.05, 4.69) is 32.4 Å². The van der Waals surface area contributed by atoms with Crippen molar-refractivity contribution < 1.29 is 0 Å². The van der Waals surface area contributed by atoms with Crippen LogP contribution in [-0.2, 0) is 6.54 Å². The summed E-state index contributed by atoms with van der Waals surface area (Å²) in [5.41, 5.74) is 3.39. The number of rotatable bonds is 7. The van der Waals surface area contributed by atoms with Crippen molar-refractivity contribution in [2.24, 2.45) is 0 Å². The number of nitrogens with zero attached hydrogens (tertiary/aromatic N) is 1. The second kappa shape index (κ2) is 7.58. The standard InChI is InChI=1S/C17H18ClN3S/c18-14-2-3-15-16(4-8-21-17(15)10-14)20-7-1-6-19-11-13-5-9-22-12-13/h2-5,8-10,12,19H,1,6-7,11H2,(H,20,21). The minimum Gasteiger partial charge on any atom is -0.384 e. The topological polar surface area (TPSA) is 37.0 Å². The molecule has 0 aliphatic rings. The lowest BCUT2D eigenvalue weighted by Gasteiger charge is -2.10. The number of anilines is 1. The van der Waals surface area contributed by atoms with Crippen molar-refractivity contribution in [1.82, 2.24) is 10.3 Å². The highest BCUT2D eigenvalue weighted by Crippen LogP contribution is 2.24. The zero-order valence-electron chi connectivity index (χ0n) is 12.2. The summed E-state index contributed by atoms with van der Waals surface area (Å²) in [6, 6.07) is 9.98. The third kappa shape index (κ3) is 3.97. The molecular weight excluding hydrogens is 314 g/mol. The van der Waals surface area contributed by atoms with E-state index < -0.39 is 0 Å². The number of hydrogen-bond acceptors (Lipinski definition) is 4. The van der Waals surface area contributed by atoms with Crippen LogP contribution in [0.25, 0.3) is 10.9 Å². The molecule has 0 atom stereocenters. The number of nitrogens with one attached hydrogen (secondary N) is 2. The van der Waals surface area contributed by atoms with Gasteiger partial charge in [-0.3, -0.25) is 4.98 Å². The Hall–Kier alpha value is -1.62. The van der Waals surface area contributed by atoms with E-state index in [1.165, 1.54) is 5.56 Å². The number of pyridine rings is 1. The molecule has 0 fully saturated rings. The Kier molecular flexibility index (Phi) is 5.27. The van der Waals surface area contributed by atoms with Crippen LogP contribution in [0.15, 0.2) is 47.3 Å². The number of hydrogen-bond donors (Lipinski definition) is 2. The summed E-state index contributed by atoms with van der Waals surface area (Å²) in [7, 11) is 0. The van der Waals surface area contributed by atoms with Crippen LogP contribution in [0.5, 0.6) is 0 Å². The molecule has 2 heterocycles. The SMILES string of the molecule is Clc1ccc2c(NCCCNCc3ccsc3)ccnc2c1. The number of benzene rings is 1. The van der Waals surface area contributed by atoms with E-state index in [0.717, 1.165) is 47.7 Å². The van der Waals surface area contributed by atoms with Crippen molar-refractivity contribution >= 4 is 39.5 Å². The molecule has 1 aromatic carbocycles. The van der Waals surface area contributed by atoms with Gasteiger partial charge in [0.15, 0.2) is 0 Å². The van der Waals surface area contributed by atoms with Crippen LogP contribution in [0.3, 0.4) is 0 Å². The lowest BCUT2D eigenvalue weighted by molar-refractivity contribution is 0.664. The molecule has 0 aliphatic carbocycles. The monoisotopic (exact) mass is 331 g/mol. The minimum atomic E-state index is 0.717. The average molecular weight is 332 g/mol. The molecule has 5 heteroatoms. The van der Waals surface area contributed by atoms with Gasteiger partial charge in [-0.05, 0) is 59.6 Å². The Bertz CT molecular complexity index is 728. The Morgan fingerprint density at radius 3 is 2.95 bits per heavy atom. The van der Waals surface area contributed by atoms with E-state index in [-0.39, 0.29) is 0 Å². The smallest absolute Gasteiger partial charge is 0.0737 e. The maximum Gasteiger partial charge on any atom is 0.0737 e. The van der Waals surface area contributed by atoms with Crippen molar-refractivity contribution in [2.75, 3.05) is 18.4 Å². The zero-order valence-corrected chi connectivity index (χ0v) is 13.8. The zero-order chi connectivity index (χ0) is 15.2. The van der Waals surface area contributed by atoms with Gasteiger partial charge in [-0.15, -0.1) is 0 Å². The number of aromatic nitrogens is 1. The van der Waals surface area contributed by atoms with Gasteiger partial charge in [0.2, 0.25) is 0 Å². The highest BCUT2D eigenvalue weighted by atomic mass is 35.5. The molecule has 3 nitrogen and oxygen atoms in total. The fourth-order valence-corrected chi connectivity index (χ4v) is 3.17. The summed E-state index contributed by atoms with van der Waals surface area (Å²) >= 11 is 7.75.